The summed E-state index contributed by atoms with van der Waals surface area (Å²) < 4.78 is 13.3. The SMILES string of the molecule is O=C(COC[C@H]1CCCCO1)N1CCn2nc(Cc3ccccc3)cc2C1. The Morgan fingerprint density at radius 3 is 2.93 bits per heavy atom. The van der Waals surface area contributed by atoms with Gasteiger partial charge in [-0.25, -0.2) is 0 Å². The van der Waals surface area contributed by atoms with Gasteiger partial charge in [0.25, 0.3) is 0 Å². The van der Waals surface area contributed by atoms with Crippen LogP contribution in [0.2, 0.25) is 0 Å². The molecular weight excluding hydrogens is 342 g/mol. The predicted molar refractivity (Wildman–Crippen MR) is 101 cm³/mol. The molecule has 6 nitrogen and oxygen atoms in total. The average molecular weight is 369 g/mol. The Kier molecular flexibility index (Phi) is 5.84. The minimum Gasteiger partial charge on any atom is -0.376 e. The molecule has 0 unspecified atom stereocenters. The Bertz CT molecular complexity index is 753. The van der Waals surface area contributed by atoms with E-state index in [2.05, 4.69) is 18.2 Å². The number of carbonyl (C=O) groups is 1. The van der Waals surface area contributed by atoms with E-state index in [-0.39, 0.29) is 18.6 Å². The number of hydrogen-bond acceptors (Lipinski definition) is 4. The molecule has 0 aliphatic carbocycles. The molecule has 27 heavy (non-hydrogen) atoms. The van der Waals surface area contributed by atoms with E-state index < -0.39 is 0 Å². The van der Waals surface area contributed by atoms with E-state index in [0.29, 0.717) is 19.7 Å². The maximum Gasteiger partial charge on any atom is 0.248 e. The minimum atomic E-state index is 0.0443. The fourth-order valence-corrected chi connectivity index (χ4v) is 3.74. The second-order valence-corrected chi connectivity index (χ2v) is 7.33. The van der Waals surface area contributed by atoms with Gasteiger partial charge >= 0.3 is 0 Å². The van der Waals surface area contributed by atoms with Crippen molar-refractivity contribution in [2.24, 2.45) is 0 Å². The van der Waals surface area contributed by atoms with E-state index in [1.165, 1.54) is 12.0 Å². The number of benzene rings is 1. The second kappa shape index (κ2) is 8.67. The van der Waals surface area contributed by atoms with Gasteiger partial charge in [-0.3, -0.25) is 9.48 Å². The average Bonchev–Trinajstić information content (AvgIpc) is 3.11. The summed E-state index contributed by atoms with van der Waals surface area (Å²) in [4.78, 5) is 14.3. The van der Waals surface area contributed by atoms with Gasteiger partial charge in [0.1, 0.15) is 6.61 Å². The summed E-state index contributed by atoms with van der Waals surface area (Å²) in [6.45, 7) is 3.47. The zero-order chi connectivity index (χ0) is 18.5. The molecular formula is C21H27N3O3. The number of ether oxygens (including phenoxy) is 2. The van der Waals surface area contributed by atoms with Crippen molar-refractivity contribution in [3.63, 3.8) is 0 Å². The molecule has 0 N–H and O–H groups in total. The number of hydrogen-bond donors (Lipinski definition) is 0. The lowest BCUT2D eigenvalue weighted by atomic mass is 10.1. The first-order valence-electron chi connectivity index (χ1n) is 9.84. The number of aromatic nitrogens is 2. The van der Waals surface area contributed by atoms with E-state index in [0.717, 1.165) is 43.8 Å². The number of nitrogens with zero attached hydrogens (tertiary/aromatic N) is 3. The smallest absolute Gasteiger partial charge is 0.248 e. The summed E-state index contributed by atoms with van der Waals surface area (Å²) >= 11 is 0. The van der Waals surface area contributed by atoms with Gasteiger partial charge in [-0.2, -0.15) is 5.10 Å². The summed E-state index contributed by atoms with van der Waals surface area (Å²) in [7, 11) is 0. The molecule has 1 atom stereocenters. The van der Waals surface area contributed by atoms with Crippen molar-refractivity contribution in [2.45, 2.75) is 44.9 Å². The Morgan fingerprint density at radius 2 is 2.11 bits per heavy atom. The monoisotopic (exact) mass is 369 g/mol. The third kappa shape index (κ3) is 4.76. The van der Waals surface area contributed by atoms with Crippen LogP contribution in [0.3, 0.4) is 0 Å². The van der Waals surface area contributed by atoms with E-state index in [9.17, 15) is 4.79 Å². The van der Waals surface area contributed by atoms with Crippen LogP contribution in [0.4, 0.5) is 0 Å². The van der Waals surface area contributed by atoms with Crippen LogP contribution >= 0.6 is 0 Å². The summed E-state index contributed by atoms with van der Waals surface area (Å²) in [6, 6.07) is 12.5. The summed E-state index contributed by atoms with van der Waals surface area (Å²) in [5, 5.41) is 4.69. The summed E-state index contributed by atoms with van der Waals surface area (Å²) in [6.07, 6.45) is 4.31. The number of rotatable bonds is 6. The van der Waals surface area contributed by atoms with Gasteiger partial charge in [-0.15, -0.1) is 0 Å². The Balaban J connectivity index is 1.28. The quantitative estimate of drug-likeness (QED) is 0.785. The van der Waals surface area contributed by atoms with Gasteiger partial charge in [-0.1, -0.05) is 30.3 Å². The molecule has 1 amide bonds. The molecule has 1 aromatic carbocycles. The molecule has 2 aliphatic rings. The molecule has 1 saturated heterocycles. The number of amides is 1. The normalized spacial score (nSPS) is 19.7. The molecule has 4 rings (SSSR count). The maximum absolute atomic E-state index is 12.5. The highest BCUT2D eigenvalue weighted by Gasteiger charge is 2.23. The first-order chi connectivity index (χ1) is 13.3. The van der Waals surface area contributed by atoms with Crippen LogP contribution in [-0.2, 0) is 33.8 Å². The third-order valence-electron chi connectivity index (χ3n) is 5.23. The summed E-state index contributed by atoms with van der Waals surface area (Å²) in [5.74, 6) is 0.0443. The van der Waals surface area contributed by atoms with Crippen molar-refractivity contribution in [1.82, 2.24) is 14.7 Å². The van der Waals surface area contributed by atoms with Crippen LogP contribution in [0, 0.1) is 0 Å². The van der Waals surface area contributed by atoms with Crippen LogP contribution in [0.15, 0.2) is 36.4 Å². The predicted octanol–water partition coefficient (Wildman–Crippen LogP) is 2.40. The van der Waals surface area contributed by atoms with E-state index >= 15 is 0 Å². The van der Waals surface area contributed by atoms with E-state index in [1.807, 2.05) is 27.8 Å². The van der Waals surface area contributed by atoms with Crippen molar-refractivity contribution < 1.29 is 14.3 Å². The molecule has 3 heterocycles. The molecule has 6 heteroatoms. The van der Waals surface area contributed by atoms with Gasteiger partial charge in [0.05, 0.1) is 37.2 Å². The van der Waals surface area contributed by atoms with Crippen molar-refractivity contribution in [3.05, 3.63) is 53.3 Å². The van der Waals surface area contributed by atoms with Crippen molar-refractivity contribution in [1.29, 1.82) is 0 Å². The van der Waals surface area contributed by atoms with Crippen LogP contribution in [0.5, 0.6) is 0 Å². The van der Waals surface area contributed by atoms with E-state index in [4.69, 9.17) is 14.6 Å². The van der Waals surface area contributed by atoms with Crippen LogP contribution in [0.1, 0.15) is 36.2 Å². The highest BCUT2D eigenvalue weighted by Crippen LogP contribution is 2.17. The molecule has 1 aromatic heterocycles. The van der Waals surface area contributed by atoms with Gasteiger partial charge in [0.15, 0.2) is 0 Å². The Hall–Kier alpha value is -2.18. The number of fused-ring (bicyclic) bond motifs is 1. The number of carbonyl (C=O) groups excluding carboxylic acids is 1. The molecule has 0 saturated carbocycles. The fraction of sp³-hybridized carbons (Fsp3) is 0.524. The largest absolute Gasteiger partial charge is 0.376 e. The maximum atomic E-state index is 12.5. The zero-order valence-corrected chi connectivity index (χ0v) is 15.7. The Morgan fingerprint density at radius 1 is 1.22 bits per heavy atom. The molecule has 144 valence electrons. The standard InChI is InChI=1S/C21H27N3O3/c25-21(16-26-15-20-8-4-5-11-27-20)23-9-10-24-19(14-23)13-18(22-24)12-17-6-2-1-3-7-17/h1-3,6-7,13,20H,4-5,8-12,14-16H2/t20-/m1/s1. The lowest BCUT2D eigenvalue weighted by molar-refractivity contribution is -0.139. The Labute approximate surface area is 160 Å². The summed E-state index contributed by atoms with van der Waals surface area (Å²) in [5.41, 5.74) is 3.39. The molecule has 0 spiro atoms. The van der Waals surface area contributed by atoms with E-state index in [1.54, 1.807) is 0 Å². The van der Waals surface area contributed by atoms with Crippen molar-refractivity contribution in [3.8, 4) is 0 Å². The first-order valence-corrected chi connectivity index (χ1v) is 9.84. The highest BCUT2D eigenvalue weighted by molar-refractivity contribution is 5.77. The van der Waals surface area contributed by atoms with Crippen molar-refractivity contribution >= 4 is 5.91 Å². The minimum absolute atomic E-state index is 0.0443. The lowest BCUT2D eigenvalue weighted by Gasteiger charge is -2.28. The topological polar surface area (TPSA) is 56.6 Å². The highest BCUT2D eigenvalue weighted by atomic mass is 16.5. The van der Waals surface area contributed by atoms with Gasteiger partial charge in [0.2, 0.25) is 5.91 Å². The molecule has 0 radical (unpaired) electrons. The molecule has 1 fully saturated rings. The van der Waals surface area contributed by atoms with Gasteiger partial charge < -0.3 is 14.4 Å². The molecule has 2 aliphatic heterocycles. The second-order valence-electron chi connectivity index (χ2n) is 7.33. The van der Waals surface area contributed by atoms with Crippen LogP contribution in [-0.4, -0.2) is 53.1 Å². The lowest BCUT2D eigenvalue weighted by Crippen LogP contribution is -2.40. The molecule has 2 aromatic rings. The van der Waals surface area contributed by atoms with Crippen LogP contribution < -0.4 is 0 Å². The van der Waals surface area contributed by atoms with Crippen molar-refractivity contribution in [2.75, 3.05) is 26.4 Å². The van der Waals surface area contributed by atoms with Gasteiger partial charge in [0, 0.05) is 19.6 Å². The third-order valence-corrected chi connectivity index (χ3v) is 5.23. The van der Waals surface area contributed by atoms with Gasteiger partial charge in [-0.05, 0) is 30.9 Å². The molecule has 0 bridgehead atoms. The van der Waals surface area contributed by atoms with Crippen LogP contribution in [0.25, 0.3) is 0 Å². The zero-order valence-electron chi connectivity index (χ0n) is 15.7. The fourth-order valence-electron chi connectivity index (χ4n) is 3.74. The first kappa shape index (κ1) is 18.2.